The highest BCUT2D eigenvalue weighted by atomic mass is 79.9. The van der Waals surface area contributed by atoms with Gasteiger partial charge in [0.15, 0.2) is 0 Å². The van der Waals surface area contributed by atoms with Crippen molar-refractivity contribution in [3.05, 3.63) is 39.6 Å². The number of carbonyl (C=O) groups is 1. The van der Waals surface area contributed by atoms with Crippen LogP contribution >= 0.6 is 27.5 Å². The van der Waals surface area contributed by atoms with E-state index in [9.17, 15) is 9.90 Å². The van der Waals surface area contributed by atoms with Crippen molar-refractivity contribution in [1.82, 2.24) is 9.97 Å². The molecule has 0 amide bonds. The molecular formula is C17H19BrClN3O5. The third-order valence-corrected chi connectivity index (χ3v) is 4.57. The topological polar surface area (TPSA) is 103 Å². The summed E-state index contributed by atoms with van der Waals surface area (Å²) in [6.07, 6.45) is 1.41. The smallest absolute Gasteiger partial charge is 0.302 e. The number of aromatic nitrogens is 2. The van der Waals surface area contributed by atoms with E-state index in [2.05, 4.69) is 31.2 Å². The summed E-state index contributed by atoms with van der Waals surface area (Å²) in [6, 6.07) is 5.10. The average Bonchev–Trinajstić information content (AvgIpc) is 2.66. The molecule has 146 valence electrons. The van der Waals surface area contributed by atoms with E-state index in [0.717, 1.165) is 0 Å². The van der Waals surface area contributed by atoms with E-state index in [0.29, 0.717) is 20.9 Å². The third kappa shape index (κ3) is 5.00. The van der Waals surface area contributed by atoms with Crippen molar-refractivity contribution in [2.45, 2.75) is 12.5 Å². The van der Waals surface area contributed by atoms with Crippen LogP contribution in [-0.2, 0) is 15.1 Å². The molecule has 0 radical (unpaired) electrons. The summed E-state index contributed by atoms with van der Waals surface area (Å²) in [5, 5.41) is 13.9. The number of esters is 1. The second kappa shape index (κ2) is 9.20. The number of aliphatic hydroxyl groups is 1. The molecule has 1 atom stereocenters. The van der Waals surface area contributed by atoms with Crippen molar-refractivity contribution in [2.75, 3.05) is 32.8 Å². The molecule has 0 aliphatic heterocycles. The lowest BCUT2D eigenvalue weighted by atomic mass is 9.96. The molecule has 1 unspecified atom stereocenters. The first-order chi connectivity index (χ1) is 12.8. The highest BCUT2D eigenvalue weighted by Gasteiger charge is 2.37. The predicted octanol–water partition coefficient (Wildman–Crippen LogP) is 2.77. The minimum absolute atomic E-state index is 0.132. The minimum Gasteiger partial charge on any atom is -0.477 e. The number of hydrogen-bond donors (Lipinski definition) is 2. The maximum Gasteiger partial charge on any atom is 0.302 e. The number of benzene rings is 1. The van der Waals surface area contributed by atoms with Gasteiger partial charge in [0.2, 0.25) is 0 Å². The molecule has 8 nitrogen and oxygen atoms in total. The number of hydrogen-bond acceptors (Lipinski definition) is 8. The van der Waals surface area contributed by atoms with E-state index in [1.807, 2.05) is 0 Å². The van der Waals surface area contributed by atoms with Crippen molar-refractivity contribution in [2.24, 2.45) is 0 Å². The fraction of sp³-hybridized carbons (Fsp3) is 0.353. The lowest BCUT2D eigenvalue weighted by Gasteiger charge is -2.33. The lowest BCUT2D eigenvalue weighted by Crippen LogP contribution is -2.45. The Kier molecular flexibility index (Phi) is 7.23. The lowest BCUT2D eigenvalue weighted by molar-refractivity contribution is -0.143. The molecule has 2 rings (SSSR count). The van der Waals surface area contributed by atoms with E-state index in [4.69, 9.17) is 25.8 Å². The number of anilines is 1. The molecule has 0 saturated heterocycles. The molecule has 0 fully saturated rings. The fourth-order valence-corrected chi connectivity index (χ4v) is 3.06. The molecule has 1 aromatic carbocycles. The zero-order valence-corrected chi connectivity index (χ0v) is 17.3. The van der Waals surface area contributed by atoms with Crippen molar-refractivity contribution in [3.63, 3.8) is 0 Å². The molecule has 1 heterocycles. The Morgan fingerprint density at radius 3 is 2.59 bits per heavy atom. The van der Waals surface area contributed by atoms with Crippen LogP contribution < -0.4 is 14.8 Å². The van der Waals surface area contributed by atoms with Gasteiger partial charge in [-0.25, -0.2) is 9.97 Å². The number of nitrogens with one attached hydrogen (secondary N) is 1. The van der Waals surface area contributed by atoms with Gasteiger partial charge in [-0.05, 0) is 34.1 Å². The highest BCUT2D eigenvalue weighted by Crippen LogP contribution is 2.33. The highest BCUT2D eigenvalue weighted by molar-refractivity contribution is 9.10. The largest absolute Gasteiger partial charge is 0.477 e. The molecule has 1 aromatic heterocycles. The van der Waals surface area contributed by atoms with Crippen molar-refractivity contribution >= 4 is 39.2 Å². The maximum atomic E-state index is 11.4. The third-order valence-electron chi connectivity index (χ3n) is 3.68. The molecule has 2 N–H and O–H groups in total. The second-order valence-corrected chi connectivity index (χ2v) is 6.83. The molecule has 10 heteroatoms. The Morgan fingerprint density at radius 1 is 1.33 bits per heavy atom. The van der Waals surface area contributed by atoms with Crippen LogP contribution in [0.2, 0.25) is 5.02 Å². The summed E-state index contributed by atoms with van der Waals surface area (Å²) in [5.74, 6) is -0.181. The van der Waals surface area contributed by atoms with Gasteiger partial charge in [-0.2, -0.15) is 0 Å². The van der Waals surface area contributed by atoms with Gasteiger partial charge in [0.05, 0.1) is 32.7 Å². The number of carbonyl (C=O) groups excluding carboxylic acids is 1. The number of aliphatic hydroxyl groups excluding tert-OH is 1. The molecule has 0 bridgehead atoms. The van der Waals surface area contributed by atoms with Gasteiger partial charge in [-0.1, -0.05) is 11.6 Å². The van der Waals surface area contributed by atoms with Gasteiger partial charge in [-0.3, -0.25) is 4.79 Å². The van der Waals surface area contributed by atoms with Crippen molar-refractivity contribution in [1.29, 1.82) is 0 Å². The van der Waals surface area contributed by atoms with E-state index < -0.39 is 18.1 Å². The SMILES string of the molecule is COc1ncc(C(CO)(COC(C)=O)Nc2ccc(Cl)cc2Br)nc1OC. The number of ether oxygens (including phenoxy) is 3. The summed E-state index contributed by atoms with van der Waals surface area (Å²) in [4.78, 5) is 19.9. The van der Waals surface area contributed by atoms with Gasteiger partial charge in [0, 0.05) is 22.1 Å². The Labute approximate surface area is 169 Å². The summed E-state index contributed by atoms with van der Waals surface area (Å²) < 4.78 is 16.1. The molecule has 0 aliphatic rings. The Morgan fingerprint density at radius 2 is 2.04 bits per heavy atom. The van der Waals surface area contributed by atoms with Crippen molar-refractivity contribution < 1.29 is 24.1 Å². The minimum atomic E-state index is -1.28. The summed E-state index contributed by atoms with van der Waals surface area (Å²) in [6.45, 7) is 0.637. The molecule has 27 heavy (non-hydrogen) atoms. The summed E-state index contributed by atoms with van der Waals surface area (Å²) >= 11 is 9.40. The van der Waals surface area contributed by atoms with Gasteiger partial charge in [-0.15, -0.1) is 0 Å². The molecular weight excluding hydrogens is 442 g/mol. The van der Waals surface area contributed by atoms with Crippen LogP contribution in [0.15, 0.2) is 28.9 Å². The first-order valence-corrected chi connectivity index (χ1v) is 8.95. The summed E-state index contributed by atoms with van der Waals surface area (Å²) in [7, 11) is 2.86. The van der Waals surface area contributed by atoms with Crippen LogP contribution in [0.5, 0.6) is 11.8 Å². The molecule has 2 aromatic rings. The van der Waals surface area contributed by atoms with Crippen molar-refractivity contribution in [3.8, 4) is 11.8 Å². The molecule has 0 spiro atoms. The zero-order valence-electron chi connectivity index (χ0n) is 15.0. The van der Waals surface area contributed by atoms with Gasteiger partial charge in [0.25, 0.3) is 11.8 Å². The number of halogens is 2. The summed E-state index contributed by atoms with van der Waals surface area (Å²) in [5.41, 5.74) is -0.378. The fourth-order valence-electron chi connectivity index (χ4n) is 2.28. The zero-order chi connectivity index (χ0) is 20.0. The number of methoxy groups -OCH3 is 2. The van der Waals surface area contributed by atoms with E-state index >= 15 is 0 Å². The monoisotopic (exact) mass is 459 g/mol. The molecule has 0 aliphatic carbocycles. The van der Waals surface area contributed by atoms with E-state index in [1.54, 1.807) is 18.2 Å². The van der Waals surface area contributed by atoms with Crippen LogP contribution in [0.4, 0.5) is 5.69 Å². The van der Waals surface area contributed by atoms with Gasteiger partial charge in [0.1, 0.15) is 12.1 Å². The maximum absolute atomic E-state index is 11.4. The first kappa shape index (κ1) is 21.2. The first-order valence-electron chi connectivity index (χ1n) is 7.78. The Bertz CT molecular complexity index is 823. The standard InChI is InChI=1S/C17H19BrClN3O5/c1-10(24)27-9-17(8-23,22-13-5-4-11(19)6-12(13)18)14-7-20-15(25-2)16(21-14)26-3/h4-7,22-23H,8-9H2,1-3H3. The number of rotatable bonds is 8. The van der Waals surface area contributed by atoms with Crippen LogP contribution in [0.25, 0.3) is 0 Å². The van der Waals surface area contributed by atoms with Gasteiger partial charge >= 0.3 is 5.97 Å². The predicted molar refractivity (Wildman–Crippen MR) is 103 cm³/mol. The van der Waals surface area contributed by atoms with Crippen LogP contribution in [-0.4, -0.2) is 48.5 Å². The van der Waals surface area contributed by atoms with Crippen LogP contribution in [0.3, 0.4) is 0 Å². The quantitative estimate of drug-likeness (QED) is 0.580. The molecule has 0 saturated carbocycles. The average molecular weight is 461 g/mol. The number of nitrogens with zero attached hydrogens (tertiary/aromatic N) is 2. The van der Waals surface area contributed by atoms with E-state index in [-0.39, 0.29) is 18.4 Å². The Balaban J connectivity index is 2.53. The Hall–Kier alpha value is -2.10. The van der Waals surface area contributed by atoms with E-state index in [1.165, 1.54) is 27.3 Å². The van der Waals surface area contributed by atoms with Crippen LogP contribution in [0, 0.1) is 0 Å². The second-order valence-electron chi connectivity index (χ2n) is 5.54. The normalized spacial score (nSPS) is 12.8. The van der Waals surface area contributed by atoms with Crippen LogP contribution in [0.1, 0.15) is 12.6 Å². The van der Waals surface area contributed by atoms with Gasteiger partial charge < -0.3 is 24.6 Å².